The van der Waals surface area contributed by atoms with E-state index < -0.39 is 10.0 Å². The topological polar surface area (TPSA) is 58.6 Å². The summed E-state index contributed by atoms with van der Waals surface area (Å²) in [4.78, 5) is 0.236. The molecule has 1 saturated heterocycles. The number of hydrogen-bond donors (Lipinski definition) is 1. The number of ether oxygens (including phenoxy) is 1. The average Bonchev–Trinajstić information content (AvgIpc) is 2.50. The normalized spacial score (nSPS) is 17.6. The Bertz CT molecular complexity index is 626. The number of halogens is 1. The molecule has 0 bridgehead atoms. The molecule has 2 rings (SSSR count). The van der Waals surface area contributed by atoms with Crippen LogP contribution in [-0.2, 0) is 10.0 Å². The van der Waals surface area contributed by atoms with Crippen molar-refractivity contribution in [2.75, 3.05) is 33.8 Å². The van der Waals surface area contributed by atoms with E-state index in [1.807, 2.05) is 14.0 Å². The van der Waals surface area contributed by atoms with Crippen LogP contribution in [0.4, 0.5) is 0 Å². The van der Waals surface area contributed by atoms with E-state index in [0.29, 0.717) is 24.8 Å². The molecule has 1 aliphatic heterocycles. The smallest absolute Gasteiger partial charge is 0.246 e. The molecular formula is C15H23BrN2O3S. The van der Waals surface area contributed by atoms with Gasteiger partial charge in [0.2, 0.25) is 10.0 Å². The van der Waals surface area contributed by atoms with Gasteiger partial charge >= 0.3 is 0 Å². The Morgan fingerprint density at radius 3 is 2.55 bits per heavy atom. The van der Waals surface area contributed by atoms with E-state index in [1.165, 1.54) is 7.11 Å². The number of rotatable bonds is 5. The Morgan fingerprint density at radius 1 is 1.36 bits per heavy atom. The molecule has 5 nitrogen and oxygen atoms in total. The molecular weight excluding hydrogens is 368 g/mol. The van der Waals surface area contributed by atoms with Gasteiger partial charge in [-0.1, -0.05) is 15.9 Å². The molecule has 0 aliphatic carbocycles. The van der Waals surface area contributed by atoms with Crippen LogP contribution < -0.4 is 10.1 Å². The van der Waals surface area contributed by atoms with E-state index in [4.69, 9.17) is 4.74 Å². The third-order valence-electron chi connectivity index (χ3n) is 4.13. The highest BCUT2D eigenvalue weighted by Crippen LogP contribution is 2.33. The zero-order valence-corrected chi connectivity index (χ0v) is 15.6. The number of nitrogens with zero attached hydrogens (tertiary/aromatic N) is 1. The molecule has 1 aliphatic rings. The fraction of sp³-hybridized carbons (Fsp3) is 0.600. The van der Waals surface area contributed by atoms with Crippen LogP contribution in [0.2, 0.25) is 0 Å². The van der Waals surface area contributed by atoms with Gasteiger partial charge in [-0.2, -0.15) is 4.31 Å². The van der Waals surface area contributed by atoms with Gasteiger partial charge in [-0.25, -0.2) is 8.42 Å². The highest BCUT2D eigenvalue weighted by Gasteiger charge is 2.31. The van der Waals surface area contributed by atoms with Gasteiger partial charge in [-0.15, -0.1) is 0 Å². The van der Waals surface area contributed by atoms with Gasteiger partial charge < -0.3 is 10.1 Å². The van der Waals surface area contributed by atoms with Gasteiger partial charge in [0.15, 0.2) is 0 Å². The first-order valence-electron chi connectivity index (χ1n) is 7.39. The van der Waals surface area contributed by atoms with Crippen molar-refractivity contribution >= 4 is 26.0 Å². The first-order chi connectivity index (χ1) is 10.4. The number of sulfonamides is 1. The van der Waals surface area contributed by atoms with Crippen molar-refractivity contribution < 1.29 is 13.2 Å². The highest BCUT2D eigenvalue weighted by molar-refractivity contribution is 9.10. The van der Waals surface area contributed by atoms with Crippen LogP contribution in [-0.4, -0.2) is 46.5 Å². The SMILES string of the molecule is CNCC1CCN(S(=O)(=O)c2cc(Br)c(C)cc2OC)CC1. The largest absolute Gasteiger partial charge is 0.495 e. The lowest BCUT2D eigenvalue weighted by atomic mass is 9.98. The molecule has 0 atom stereocenters. The van der Waals surface area contributed by atoms with Crippen LogP contribution in [0.3, 0.4) is 0 Å². The Labute approximate surface area is 141 Å². The molecule has 0 spiro atoms. The van der Waals surface area contributed by atoms with Crippen molar-refractivity contribution in [3.63, 3.8) is 0 Å². The van der Waals surface area contributed by atoms with Crippen molar-refractivity contribution in [1.29, 1.82) is 0 Å². The second kappa shape index (κ2) is 7.29. The number of benzene rings is 1. The Balaban J connectivity index is 2.26. The standard InChI is InChI=1S/C15H23BrN2O3S/c1-11-8-14(21-3)15(9-13(11)16)22(19,20)18-6-4-12(5-7-18)10-17-2/h8-9,12,17H,4-7,10H2,1-3H3. The van der Waals surface area contributed by atoms with Gasteiger partial charge in [-0.3, -0.25) is 0 Å². The predicted octanol–water partition coefficient (Wildman–Crippen LogP) is 2.39. The molecule has 1 fully saturated rings. The Morgan fingerprint density at radius 2 is 2.00 bits per heavy atom. The Kier molecular flexibility index (Phi) is 5.87. The molecule has 0 unspecified atom stereocenters. The Hall–Kier alpha value is -0.630. The monoisotopic (exact) mass is 390 g/mol. The fourth-order valence-electron chi connectivity index (χ4n) is 2.78. The van der Waals surface area contributed by atoms with E-state index in [1.54, 1.807) is 16.4 Å². The molecule has 1 aromatic rings. The maximum atomic E-state index is 12.9. The highest BCUT2D eigenvalue weighted by atomic mass is 79.9. The van der Waals surface area contributed by atoms with E-state index in [0.717, 1.165) is 29.4 Å². The van der Waals surface area contributed by atoms with E-state index in [-0.39, 0.29) is 4.90 Å². The van der Waals surface area contributed by atoms with Gasteiger partial charge in [0.05, 0.1) is 7.11 Å². The summed E-state index contributed by atoms with van der Waals surface area (Å²) < 4.78 is 33.4. The minimum Gasteiger partial charge on any atom is -0.495 e. The molecule has 0 aromatic heterocycles. The summed E-state index contributed by atoms with van der Waals surface area (Å²) in [5.74, 6) is 0.946. The summed E-state index contributed by atoms with van der Waals surface area (Å²) in [5.41, 5.74) is 0.948. The van der Waals surface area contributed by atoms with Crippen LogP contribution >= 0.6 is 15.9 Å². The molecule has 1 aromatic carbocycles. The summed E-state index contributed by atoms with van der Waals surface area (Å²) in [6, 6.07) is 3.40. The maximum Gasteiger partial charge on any atom is 0.246 e. The fourth-order valence-corrected chi connectivity index (χ4v) is 4.91. The maximum absolute atomic E-state index is 12.9. The first kappa shape index (κ1) is 17.7. The van der Waals surface area contributed by atoms with Crippen LogP contribution in [0.15, 0.2) is 21.5 Å². The zero-order valence-electron chi connectivity index (χ0n) is 13.2. The second-order valence-corrected chi connectivity index (χ2v) is 8.42. The number of nitrogens with one attached hydrogen (secondary N) is 1. The molecule has 22 heavy (non-hydrogen) atoms. The summed E-state index contributed by atoms with van der Waals surface area (Å²) in [6.07, 6.45) is 1.77. The van der Waals surface area contributed by atoms with Crippen LogP contribution in [0.25, 0.3) is 0 Å². The molecule has 1 heterocycles. The van der Waals surface area contributed by atoms with Crippen LogP contribution in [0, 0.1) is 12.8 Å². The van der Waals surface area contributed by atoms with E-state index >= 15 is 0 Å². The van der Waals surface area contributed by atoms with Crippen molar-refractivity contribution in [2.24, 2.45) is 5.92 Å². The lowest BCUT2D eigenvalue weighted by molar-refractivity contribution is 0.270. The van der Waals surface area contributed by atoms with Crippen molar-refractivity contribution in [1.82, 2.24) is 9.62 Å². The minimum absolute atomic E-state index is 0.236. The van der Waals surface area contributed by atoms with Crippen molar-refractivity contribution in [2.45, 2.75) is 24.7 Å². The second-order valence-electron chi connectivity index (χ2n) is 5.66. The van der Waals surface area contributed by atoms with Crippen molar-refractivity contribution in [3.05, 3.63) is 22.2 Å². The van der Waals surface area contributed by atoms with Gasteiger partial charge in [0.25, 0.3) is 0 Å². The summed E-state index contributed by atoms with van der Waals surface area (Å²) in [6.45, 7) is 3.96. The number of piperidine rings is 1. The van der Waals surface area contributed by atoms with E-state index in [2.05, 4.69) is 21.2 Å². The lowest BCUT2D eigenvalue weighted by Gasteiger charge is -2.31. The van der Waals surface area contributed by atoms with Crippen molar-refractivity contribution in [3.8, 4) is 5.75 Å². The molecule has 124 valence electrons. The zero-order chi connectivity index (χ0) is 16.3. The molecule has 0 saturated carbocycles. The van der Waals surface area contributed by atoms with E-state index in [9.17, 15) is 8.42 Å². The molecule has 0 amide bonds. The van der Waals surface area contributed by atoms with Crippen LogP contribution in [0.5, 0.6) is 5.75 Å². The predicted molar refractivity (Wildman–Crippen MR) is 90.8 cm³/mol. The third-order valence-corrected chi connectivity index (χ3v) is 6.90. The average molecular weight is 391 g/mol. The molecule has 1 N–H and O–H groups in total. The van der Waals surface area contributed by atoms with Gasteiger partial charge in [0.1, 0.15) is 10.6 Å². The third kappa shape index (κ3) is 3.64. The molecule has 7 heteroatoms. The van der Waals surface area contributed by atoms with Gasteiger partial charge in [0, 0.05) is 17.6 Å². The minimum atomic E-state index is -3.52. The lowest BCUT2D eigenvalue weighted by Crippen LogP contribution is -2.40. The summed E-state index contributed by atoms with van der Waals surface area (Å²) in [5, 5.41) is 3.16. The number of aryl methyl sites for hydroxylation is 1. The summed E-state index contributed by atoms with van der Waals surface area (Å²) >= 11 is 3.41. The molecule has 0 radical (unpaired) electrons. The van der Waals surface area contributed by atoms with Gasteiger partial charge in [-0.05, 0) is 57.0 Å². The quantitative estimate of drug-likeness (QED) is 0.838. The summed E-state index contributed by atoms with van der Waals surface area (Å²) in [7, 11) is -0.0953. The first-order valence-corrected chi connectivity index (χ1v) is 9.62. The van der Waals surface area contributed by atoms with Crippen LogP contribution in [0.1, 0.15) is 18.4 Å². The number of hydrogen-bond acceptors (Lipinski definition) is 4. The number of methoxy groups -OCH3 is 1.